The van der Waals surface area contributed by atoms with Gasteiger partial charge in [0.25, 0.3) is 0 Å². The molecule has 1 saturated carbocycles. The number of benzene rings is 1. The summed E-state index contributed by atoms with van der Waals surface area (Å²) in [7, 11) is 0. The summed E-state index contributed by atoms with van der Waals surface area (Å²) in [6, 6.07) is 3.59. The lowest BCUT2D eigenvalue weighted by atomic mass is 9.82. The maximum atomic E-state index is 10.8. The average Bonchev–Trinajstić information content (AvgIpc) is 2.32. The molecule has 19 heavy (non-hydrogen) atoms. The van der Waals surface area contributed by atoms with Gasteiger partial charge in [-0.1, -0.05) is 13.8 Å². The van der Waals surface area contributed by atoms with Crippen molar-refractivity contribution < 1.29 is 9.53 Å². The number of rotatable bonds is 3. The van der Waals surface area contributed by atoms with Gasteiger partial charge in [0, 0.05) is 5.56 Å². The van der Waals surface area contributed by atoms with Crippen LogP contribution in [0.1, 0.15) is 43.5 Å². The highest BCUT2D eigenvalue weighted by Crippen LogP contribution is 2.38. The van der Waals surface area contributed by atoms with E-state index in [1.807, 2.05) is 0 Å². The molecule has 2 atom stereocenters. The van der Waals surface area contributed by atoms with Gasteiger partial charge in [-0.25, -0.2) is 0 Å². The first-order valence-corrected chi connectivity index (χ1v) is 8.19. The maximum Gasteiger partial charge on any atom is 0.150 e. The molecule has 1 fully saturated rings. The van der Waals surface area contributed by atoms with Gasteiger partial charge in [-0.3, -0.25) is 4.79 Å². The average molecular weight is 390 g/mol. The molecule has 4 heteroatoms. The Morgan fingerprint density at radius 3 is 2.11 bits per heavy atom. The highest BCUT2D eigenvalue weighted by atomic mass is 79.9. The highest BCUT2D eigenvalue weighted by molar-refractivity contribution is 9.11. The van der Waals surface area contributed by atoms with Crippen LogP contribution in [0.4, 0.5) is 0 Å². The number of hydrogen-bond donors (Lipinski definition) is 0. The number of halogens is 2. The Morgan fingerprint density at radius 2 is 1.63 bits per heavy atom. The van der Waals surface area contributed by atoms with Gasteiger partial charge in [0.15, 0.2) is 0 Å². The third-order valence-electron chi connectivity index (χ3n) is 3.58. The number of hydrogen-bond acceptors (Lipinski definition) is 2. The molecule has 1 aromatic rings. The van der Waals surface area contributed by atoms with E-state index < -0.39 is 0 Å². The lowest BCUT2D eigenvalue weighted by Crippen LogP contribution is -2.28. The molecular weight excluding hydrogens is 372 g/mol. The predicted molar refractivity (Wildman–Crippen MR) is 83.8 cm³/mol. The topological polar surface area (TPSA) is 26.3 Å². The molecule has 2 nitrogen and oxygen atoms in total. The van der Waals surface area contributed by atoms with Crippen molar-refractivity contribution in [3.63, 3.8) is 0 Å². The van der Waals surface area contributed by atoms with Crippen molar-refractivity contribution in [3.8, 4) is 5.75 Å². The van der Waals surface area contributed by atoms with Crippen LogP contribution in [-0.4, -0.2) is 12.4 Å². The number of aldehydes is 1. The highest BCUT2D eigenvalue weighted by Gasteiger charge is 2.26. The smallest absolute Gasteiger partial charge is 0.150 e. The Balaban J connectivity index is 2.16. The molecule has 1 aliphatic carbocycles. The normalized spacial score (nSPS) is 27.1. The molecule has 2 rings (SSSR count). The Morgan fingerprint density at radius 1 is 1.11 bits per heavy atom. The van der Waals surface area contributed by atoms with Crippen LogP contribution in [0.3, 0.4) is 0 Å². The van der Waals surface area contributed by atoms with Crippen LogP contribution < -0.4 is 4.74 Å². The minimum Gasteiger partial charge on any atom is -0.488 e. The monoisotopic (exact) mass is 388 g/mol. The van der Waals surface area contributed by atoms with Gasteiger partial charge in [-0.15, -0.1) is 0 Å². The number of carbonyl (C=O) groups excluding carboxylic acids is 1. The first kappa shape index (κ1) is 15.0. The van der Waals surface area contributed by atoms with E-state index >= 15 is 0 Å². The van der Waals surface area contributed by atoms with Crippen LogP contribution in [0.5, 0.6) is 5.75 Å². The van der Waals surface area contributed by atoms with Crippen molar-refractivity contribution in [3.05, 3.63) is 26.6 Å². The van der Waals surface area contributed by atoms with Gasteiger partial charge in [0.2, 0.25) is 0 Å². The Bertz CT molecular complexity index is 440. The molecule has 0 amide bonds. The third-order valence-corrected chi connectivity index (χ3v) is 4.75. The maximum absolute atomic E-state index is 10.8. The van der Waals surface area contributed by atoms with Gasteiger partial charge in [0.05, 0.1) is 15.0 Å². The summed E-state index contributed by atoms with van der Waals surface area (Å²) in [6.07, 6.45) is 4.57. The zero-order chi connectivity index (χ0) is 14.0. The first-order chi connectivity index (χ1) is 8.99. The Kier molecular flexibility index (Phi) is 5.07. The summed E-state index contributed by atoms with van der Waals surface area (Å²) in [5, 5.41) is 0. The molecule has 0 N–H and O–H groups in total. The van der Waals surface area contributed by atoms with Crippen molar-refractivity contribution in [1.82, 2.24) is 0 Å². The van der Waals surface area contributed by atoms with Crippen molar-refractivity contribution in [2.75, 3.05) is 0 Å². The molecule has 2 unspecified atom stereocenters. The standard InChI is InChI=1S/C15H18Br2O2/c1-9-3-10(2)5-12(4-9)19-15-13(16)6-11(8-18)7-14(15)17/h6-10,12H,3-5H2,1-2H3. The van der Waals surface area contributed by atoms with Crippen LogP contribution >= 0.6 is 31.9 Å². The summed E-state index contributed by atoms with van der Waals surface area (Å²) >= 11 is 6.96. The quantitative estimate of drug-likeness (QED) is 0.661. The van der Waals surface area contributed by atoms with E-state index in [0.717, 1.165) is 33.8 Å². The predicted octanol–water partition coefficient (Wildman–Crippen LogP) is 5.23. The number of carbonyl (C=O) groups is 1. The Hall–Kier alpha value is -0.350. The van der Waals surface area contributed by atoms with Crippen LogP contribution in [0.15, 0.2) is 21.1 Å². The zero-order valence-electron chi connectivity index (χ0n) is 11.2. The molecule has 0 aromatic heterocycles. The fourth-order valence-corrected chi connectivity index (χ4v) is 4.30. The minimum atomic E-state index is 0.258. The first-order valence-electron chi connectivity index (χ1n) is 6.60. The molecule has 0 radical (unpaired) electrons. The van der Waals surface area contributed by atoms with Gasteiger partial charge in [-0.05, 0) is 75.1 Å². The summed E-state index contributed by atoms with van der Waals surface area (Å²) in [5.74, 6) is 2.22. The molecule has 1 aliphatic rings. The van der Waals surface area contributed by atoms with Gasteiger partial charge in [0.1, 0.15) is 12.0 Å². The van der Waals surface area contributed by atoms with Crippen LogP contribution in [0, 0.1) is 11.8 Å². The minimum absolute atomic E-state index is 0.258. The fourth-order valence-electron chi connectivity index (χ4n) is 2.90. The summed E-state index contributed by atoms with van der Waals surface area (Å²) < 4.78 is 7.80. The molecule has 0 saturated heterocycles. The lowest BCUT2D eigenvalue weighted by molar-refractivity contribution is 0.0996. The lowest BCUT2D eigenvalue weighted by Gasteiger charge is -2.32. The molecule has 0 bridgehead atoms. The second-order valence-electron chi connectivity index (χ2n) is 5.59. The second-order valence-corrected chi connectivity index (χ2v) is 7.30. The largest absolute Gasteiger partial charge is 0.488 e. The SMILES string of the molecule is CC1CC(C)CC(Oc2c(Br)cc(C=O)cc2Br)C1. The summed E-state index contributed by atoms with van der Waals surface area (Å²) in [5.41, 5.74) is 0.636. The molecule has 104 valence electrons. The van der Waals surface area contributed by atoms with Crippen molar-refractivity contribution in [2.45, 2.75) is 39.2 Å². The van der Waals surface area contributed by atoms with Gasteiger partial charge in [-0.2, -0.15) is 0 Å². The van der Waals surface area contributed by atoms with Crippen molar-refractivity contribution in [1.29, 1.82) is 0 Å². The van der Waals surface area contributed by atoms with E-state index in [1.165, 1.54) is 6.42 Å². The summed E-state index contributed by atoms with van der Waals surface area (Å²) in [4.78, 5) is 10.8. The van der Waals surface area contributed by atoms with E-state index in [9.17, 15) is 4.79 Å². The molecule has 0 aliphatic heterocycles. The van der Waals surface area contributed by atoms with E-state index in [1.54, 1.807) is 12.1 Å². The molecular formula is C15H18Br2O2. The van der Waals surface area contributed by atoms with Crippen molar-refractivity contribution in [2.24, 2.45) is 11.8 Å². The fraction of sp³-hybridized carbons (Fsp3) is 0.533. The van der Waals surface area contributed by atoms with Gasteiger partial charge < -0.3 is 4.74 Å². The summed E-state index contributed by atoms with van der Waals surface area (Å²) in [6.45, 7) is 4.57. The van der Waals surface area contributed by atoms with E-state index in [-0.39, 0.29) is 6.10 Å². The van der Waals surface area contributed by atoms with Crippen molar-refractivity contribution >= 4 is 38.1 Å². The second kappa shape index (κ2) is 6.40. The van der Waals surface area contributed by atoms with Crippen LogP contribution in [-0.2, 0) is 0 Å². The van der Waals surface area contributed by atoms with Gasteiger partial charge >= 0.3 is 0 Å². The molecule has 0 heterocycles. The zero-order valence-corrected chi connectivity index (χ0v) is 14.3. The third kappa shape index (κ3) is 3.82. The van der Waals surface area contributed by atoms with E-state index in [0.29, 0.717) is 17.4 Å². The molecule has 1 aromatic carbocycles. The number of ether oxygens (including phenoxy) is 1. The Labute approximate surface area is 131 Å². The van der Waals surface area contributed by atoms with E-state index in [2.05, 4.69) is 45.7 Å². The van der Waals surface area contributed by atoms with E-state index in [4.69, 9.17) is 4.74 Å². The van der Waals surface area contributed by atoms with Crippen LogP contribution in [0.2, 0.25) is 0 Å². The molecule has 0 spiro atoms. The van der Waals surface area contributed by atoms with Crippen LogP contribution in [0.25, 0.3) is 0 Å².